The fourth-order valence-electron chi connectivity index (χ4n) is 3.49. The van der Waals surface area contributed by atoms with E-state index in [1.807, 2.05) is 12.1 Å². The van der Waals surface area contributed by atoms with E-state index < -0.39 is 28.2 Å². The molecule has 0 unspecified atom stereocenters. The van der Waals surface area contributed by atoms with E-state index in [0.717, 1.165) is 24.6 Å². The van der Waals surface area contributed by atoms with Crippen molar-refractivity contribution < 1.29 is 22.4 Å². The van der Waals surface area contributed by atoms with E-state index in [-0.39, 0.29) is 11.5 Å². The van der Waals surface area contributed by atoms with Gasteiger partial charge >= 0.3 is 11.6 Å². The Labute approximate surface area is 181 Å². The molecule has 30 heavy (non-hydrogen) atoms. The van der Waals surface area contributed by atoms with Crippen LogP contribution >= 0.6 is 15.9 Å². The van der Waals surface area contributed by atoms with Crippen molar-refractivity contribution in [2.75, 3.05) is 6.54 Å². The maximum atomic E-state index is 12.3. The average Bonchev–Trinajstić information content (AvgIpc) is 3.16. The molecule has 0 spiro atoms. The lowest BCUT2D eigenvalue weighted by Crippen LogP contribution is -2.30. The largest absolute Gasteiger partial charge is 0.460 e. The topological polar surface area (TPSA) is 103 Å². The number of hydrogen-bond donors (Lipinski definition) is 1. The van der Waals surface area contributed by atoms with Gasteiger partial charge in [0.2, 0.25) is 10.0 Å². The van der Waals surface area contributed by atoms with E-state index >= 15 is 0 Å². The van der Waals surface area contributed by atoms with Gasteiger partial charge < -0.3 is 9.15 Å². The van der Waals surface area contributed by atoms with E-state index in [1.54, 1.807) is 12.1 Å². The monoisotopic (exact) mass is 491 g/mol. The zero-order chi connectivity index (χ0) is 21.3. The van der Waals surface area contributed by atoms with Gasteiger partial charge in [-0.1, -0.05) is 22.0 Å². The molecule has 2 aromatic carbocycles. The van der Waals surface area contributed by atoms with Crippen molar-refractivity contribution in [2.45, 2.75) is 30.8 Å². The number of nitrogens with one attached hydrogen (secondary N) is 1. The second-order valence-electron chi connectivity index (χ2n) is 7.00. The predicted octanol–water partition coefficient (Wildman–Crippen LogP) is 3.07. The summed E-state index contributed by atoms with van der Waals surface area (Å²) in [7, 11) is -3.85. The Bertz CT molecular complexity index is 1300. The van der Waals surface area contributed by atoms with Crippen LogP contribution in [0.4, 0.5) is 0 Å². The van der Waals surface area contributed by atoms with E-state index in [1.165, 1.54) is 29.3 Å². The third kappa shape index (κ3) is 4.48. The number of fused-ring (bicyclic) bond motifs is 2. The van der Waals surface area contributed by atoms with Crippen LogP contribution in [0.25, 0.3) is 11.0 Å². The summed E-state index contributed by atoms with van der Waals surface area (Å²) in [6.07, 6.45) is 2.96. The normalized spacial score (nSPS) is 13.4. The SMILES string of the molecule is O=C(CNS(=O)(=O)c1cccc(Br)c1)OCc1cc(=O)oc2cc3c(cc12)CCC3. The first kappa shape index (κ1) is 20.8. The zero-order valence-corrected chi connectivity index (χ0v) is 18.2. The van der Waals surface area contributed by atoms with E-state index in [4.69, 9.17) is 9.15 Å². The fraction of sp³-hybridized carbons (Fsp3) is 0.238. The van der Waals surface area contributed by atoms with Crippen LogP contribution in [0.15, 0.2) is 61.0 Å². The number of carbonyl (C=O) groups is 1. The summed E-state index contributed by atoms with van der Waals surface area (Å²) in [5.41, 5.74) is 2.83. The molecule has 0 amide bonds. The fourth-order valence-corrected chi connectivity index (χ4v) is 5.06. The van der Waals surface area contributed by atoms with Crippen LogP contribution in [0, 0.1) is 0 Å². The van der Waals surface area contributed by atoms with E-state index in [2.05, 4.69) is 20.7 Å². The molecule has 4 rings (SSSR count). The van der Waals surface area contributed by atoms with Crippen LogP contribution in [-0.4, -0.2) is 20.9 Å². The van der Waals surface area contributed by atoms with E-state index in [9.17, 15) is 18.0 Å². The van der Waals surface area contributed by atoms with Crippen molar-refractivity contribution >= 4 is 42.9 Å². The van der Waals surface area contributed by atoms with Crippen LogP contribution < -0.4 is 10.3 Å². The summed E-state index contributed by atoms with van der Waals surface area (Å²) in [6, 6.07) is 11.3. The van der Waals surface area contributed by atoms with Crippen molar-refractivity contribution in [3.63, 3.8) is 0 Å². The molecule has 0 atom stereocenters. The van der Waals surface area contributed by atoms with Crippen molar-refractivity contribution in [1.29, 1.82) is 0 Å². The van der Waals surface area contributed by atoms with Gasteiger partial charge in [-0.2, -0.15) is 4.72 Å². The quantitative estimate of drug-likeness (QED) is 0.419. The van der Waals surface area contributed by atoms with Gasteiger partial charge in [0.15, 0.2) is 0 Å². The second kappa shape index (κ2) is 8.33. The Hall–Kier alpha value is -2.49. The summed E-state index contributed by atoms with van der Waals surface area (Å²) in [4.78, 5) is 24.0. The van der Waals surface area contributed by atoms with E-state index in [0.29, 0.717) is 15.6 Å². The van der Waals surface area contributed by atoms with Gasteiger partial charge in [0, 0.05) is 21.5 Å². The number of ether oxygens (including phenoxy) is 1. The standard InChI is InChI=1S/C21H18BrNO6S/c22-16-5-2-6-17(10-16)30(26,27)23-11-21(25)28-12-15-9-20(24)29-19-8-14-4-1-3-13(14)7-18(15)19/h2,5-10,23H,1,3-4,11-12H2. The molecule has 0 saturated carbocycles. The molecule has 1 N–H and O–H groups in total. The van der Waals surface area contributed by atoms with Gasteiger partial charge in [-0.25, -0.2) is 13.2 Å². The number of halogens is 1. The molecule has 1 aliphatic carbocycles. The van der Waals surface area contributed by atoms with Gasteiger partial charge in [-0.3, -0.25) is 4.79 Å². The van der Waals surface area contributed by atoms with Crippen LogP contribution in [0.1, 0.15) is 23.1 Å². The van der Waals surface area contributed by atoms with Crippen LogP contribution in [-0.2, 0) is 39.0 Å². The molecule has 7 nitrogen and oxygen atoms in total. The summed E-state index contributed by atoms with van der Waals surface area (Å²) >= 11 is 3.21. The first-order valence-electron chi connectivity index (χ1n) is 9.31. The lowest BCUT2D eigenvalue weighted by Gasteiger charge is -2.10. The molecular formula is C21H18BrNO6S. The molecule has 0 saturated heterocycles. The van der Waals surface area contributed by atoms with Gasteiger partial charge in [0.05, 0.1) is 4.90 Å². The average molecular weight is 492 g/mol. The van der Waals surface area contributed by atoms with Gasteiger partial charge in [-0.15, -0.1) is 0 Å². The highest BCUT2D eigenvalue weighted by molar-refractivity contribution is 9.10. The number of aryl methyl sites for hydroxylation is 2. The van der Waals surface area contributed by atoms with Crippen molar-refractivity contribution in [2.24, 2.45) is 0 Å². The first-order chi connectivity index (χ1) is 14.3. The number of sulfonamides is 1. The second-order valence-corrected chi connectivity index (χ2v) is 9.69. The Kier molecular flexibility index (Phi) is 5.77. The van der Waals surface area contributed by atoms with Crippen molar-refractivity contribution in [3.05, 3.63) is 74.0 Å². The van der Waals surface area contributed by atoms with Crippen molar-refractivity contribution in [3.8, 4) is 0 Å². The maximum absolute atomic E-state index is 12.3. The summed E-state index contributed by atoms with van der Waals surface area (Å²) < 4.78 is 37.9. The number of rotatable bonds is 6. The molecule has 1 heterocycles. The van der Waals surface area contributed by atoms with Gasteiger partial charge in [-0.05, 0) is 60.7 Å². The van der Waals surface area contributed by atoms with Crippen molar-refractivity contribution in [1.82, 2.24) is 4.72 Å². The minimum atomic E-state index is -3.85. The Morgan fingerprint density at radius 3 is 2.67 bits per heavy atom. The molecule has 1 aromatic heterocycles. The molecular weight excluding hydrogens is 474 g/mol. The third-order valence-corrected chi connectivity index (χ3v) is 6.84. The predicted molar refractivity (Wildman–Crippen MR) is 114 cm³/mol. The Balaban J connectivity index is 1.45. The maximum Gasteiger partial charge on any atom is 0.336 e. The van der Waals surface area contributed by atoms with Gasteiger partial charge in [0.1, 0.15) is 18.7 Å². The summed E-state index contributed by atoms with van der Waals surface area (Å²) in [5, 5.41) is 0.720. The molecule has 1 aliphatic rings. The highest BCUT2D eigenvalue weighted by Gasteiger charge is 2.18. The van der Waals surface area contributed by atoms with Crippen LogP contribution in [0.3, 0.4) is 0 Å². The first-order valence-corrected chi connectivity index (χ1v) is 11.6. The van der Waals surface area contributed by atoms with Gasteiger partial charge in [0.25, 0.3) is 0 Å². The molecule has 0 fully saturated rings. The lowest BCUT2D eigenvalue weighted by molar-refractivity contribution is -0.143. The number of carbonyl (C=O) groups excluding carboxylic acids is 1. The molecule has 9 heteroatoms. The molecule has 0 bridgehead atoms. The summed E-state index contributed by atoms with van der Waals surface area (Å²) in [5.74, 6) is -0.754. The molecule has 156 valence electrons. The number of benzene rings is 2. The Morgan fingerprint density at radius 1 is 1.13 bits per heavy atom. The zero-order valence-electron chi connectivity index (χ0n) is 15.8. The third-order valence-electron chi connectivity index (χ3n) is 4.94. The minimum absolute atomic E-state index is 0.0326. The molecule has 3 aromatic rings. The highest BCUT2D eigenvalue weighted by atomic mass is 79.9. The smallest absolute Gasteiger partial charge is 0.336 e. The number of hydrogen-bond acceptors (Lipinski definition) is 6. The Morgan fingerprint density at radius 2 is 1.90 bits per heavy atom. The minimum Gasteiger partial charge on any atom is -0.460 e. The number of esters is 1. The molecule has 0 aliphatic heterocycles. The summed E-state index contributed by atoms with van der Waals surface area (Å²) in [6.45, 7) is -0.679. The van der Waals surface area contributed by atoms with Crippen LogP contribution in [0.2, 0.25) is 0 Å². The lowest BCUT2D eigenvalue weighted by atomic mass is 10.0. The molecule has 0 radical (unpaired) electrons. The highest BCUT2D eigenvalue weighted by Crippen LogP contribution is 2.28. The van der Waals surface area contributed by atoms with Crippen LogP contribution in [0.5, 0.6) is 0 Å².